The number of carbonyl (C=O) groups is 1. The average Bonchev–Trinajstić information content (AvgIpc) is 3.01. The molecule has 1 aromatic carbocycles. The fourth-order valence-electron chi connectivity index (χ4n) is 2.85. The molecule has 23 heavy (non-hydrogen) atoms. The van der Waals surface area contributed by atoms with E-state index in [2.05, 4.69) is 10.4 Å². The van der Waals surface area contributed by atoms with E-state index >= 15 is 0 Å². The van der Waals surface area contributed by atoms with Gasteiger partial charge in [0.25, 0.3) is 0 Å². The number of nitrogens with zero attached hydrogens (tertiary/aromatic N) is 2. The van der Waals surface area contributed by atoms with Gasteiger partial charge in [-0.15, -0.1) is 0 Å². The highest BCUT2D eigenvalue weighted by Gasteiger charge is 2.32. The van der Waals surface area contributed by atoms with Crippen molar-refractivity contribution in [3.8, 4) is 5.69 Å². The van der Waals surface area contributed by atoms with Gasteiger partial charge in [0.2, 0.25) is 5.91 Å². The number of hydrogen-bond donors (Lipinski definition) is 1. The predicted octanol–water partition coefficient (Wildman–Crippen LogP) is 1.86. The fraction of sp³-hybridized carbons (Fsp3) is 0.375. The van der Waals surface area contributed by atoms with E-state index in [0.717, 1.165) is 17.1 Å². The van der Waals surface area contributed by atoms with Gasteiger partial charge in [0.05, 0.1) is 28.8 Å². The van der Waals surface area contributed by atoms with Gasteiger partial charge in [-0.05, 0) is 44.5 Å². The number of aryl methyl sites for hydroxylation is 2. The van der Waals surface area contributed by atoms with Crippen molar-refractivity contribution in [2.75, 3.05) is 16.8 Å². The number of sulfone groups is 1. The Morgan fingerprint density at radius 3 is 2.70 bits per heavy atom. The van der Waals surface area contributed by atoms with E-state index in [1.165, 1.54) is 0 Å². The van der Waals surface area contributed by atoms with Crippen molar-refractivity contribution >= 4 is 21.4 Å². The Bertz CT molecular complexity index is 855. The Morgan fingerprint density at radius 1 is 1.30 bits per heavy atom. The highest BCUT2D eigenvalue weighted by molar-refractivity contribution is 7.91. The average molecular weight is 333 g/mol. The summed E-state index contributed by atoms with van der Waals surface area (Å²) in [5.41, 5.74) is 3.43. The summed E-state index contributed by atoms with van der Waals surface area (Å²) < 4.78 is 24.8. The van der Waals surface area contributed by atoms with Crippen LogP contribution < -0.4 is 5.32 Å². The first kappa shape index (κ1) is 15.7. The Morgan fingerprint density at radius 2 is 2.09 bits per heavy atom. The third-order valence-electron chi connectivity index (χ3n) is 3.97. The molecule has 1 amide bonds. The molecule has 0 spiro atoms. The molecule has 2 aromatic rings. The molecular weight excluding hydrogens is 314 g/mol. The summed E-state index contributed by atoms with van der Waals surface area (Å²) in [7, 11) is -3.06. The van der Waals surface area contributed by atoms with Crippen molar-refractivity contribution in [1.82, 2.24) is 9.78 Å². The number of carbonyl (C=O) groups excluding carboxylic acids is 1. The van der Waals surface area contributed by atoms with Crippen molar-refractivity contribution in [3.63, 3.8) is 0 Å². The lowest BCUT2D eigenvalue weighted by molar-refractivity contribution is -0.119. The van der Waals surface area contributed by atoms with E-state index in [0.29, 0.717) is 12.1 Å². The third-order valence-corrected chi connectivity index (χ3v) is 5.74. The van der Waals surface area contributed by atoms with E-state index in [9.17, 15) is 13.2 Å². The second-order valence-corrected chi connectivity index (χ2v) is 8.21. The lowest BCUT2D eigenvalue weighted by Crippen LogP contribution is -2.23. The van der Waals surface area contributed by atoms with E-state index in [1.54, 1.807) is 6.07 Å². The smallest absolute Gasteiger partial charge is 0.228 e. The van der Waals surface area contributed by atoms with Gasteiger partial charge < -0.3 is 5.32 Å². The molecule has 2 heterocycles. The summed E-state index contributed by atoms with van der Waals surface area (Å²) in [6, 6.07) is 9.36. The Kier molecular flexibility index (Phi) is 3.97. The zero-order valence-electron chi connectivity index (χ0n) is 13.1. The number of hydrogen-bond acceptors (Lipinski definition) is 4. The maximum absolute atomic E-state index is 12.2. The van der Waals surface area contributed by atoms with E-state index in [4.69, 9.17) is 0 Å². The summed E-state index contributed by atoms with van der Waals surface area (Å²) in [6.45, 7) is 3.89. The zero-order chi connectivity index (χ0) is 16.6. The number of nitrogens with one attached hydrogen (secondary N) is 1. The lowest BCUT2D eigenvalue weighted by Gasteiger charge is -2.11. The van der Waals surface area contributed by atoms with Crippen molar-refractivity contribution in [1.29, 1.82) is 0 Å². The standard InChI is InChI=1S/C16H19N3O3S/c1-11-8-12(2)19(18-11)15-5-3-4-14(9-15)17-16(20)13-6-7-23(21,22)10-13/h3-5,8-9,13H,6-7,10H2,1-2H3,(H,17,20). The summed E-state index contributed by atoms with van der Waals surface area (Å²) in [6.07, 6.45) is 0.394. The summed E-state index contributed by atoms with van der Waals surface area (Å²) in [4.78, 5) is 12.2. The van der Waals surface area contributed by atoms with Crippen LogP contribution in [-0.2, 0) is 14.6 Å². The molecule has 6 nitrogen and oxygen atoms in total. The SMILES string of the molecule is Cc1cc(C)n(-c2cccc(NC(=O)C3CCS(=O)(=O)C3)c2)n1. The monoisotopic (exact) mass is 333 g/mol. The highest BCUT2D eigenvalue weighted by Crippen LogP contribution is 2.22. The summed E-state index contributed by atoms with van der Waals surface area (Å²) >= 11 is 0. The van der Waals surface area contributed by atoms with E-state index in [-0.39, 0.29) is 17.4 Å². The van der Waals surface area contributed by atoms with Gasteiger partial charge in [-0.25, -0.2) is 13.1 Å². The Hall–Kier alpha value is -2.15. The molecule has 3 rings (SSSR count). The van der Waals surface area contributed by atoms with Gasteiger partial charge in [0.15, 0.2) is 9.84 Å². The van der Waals surface area contributed by atoms with Crippen molar-refractivity contribution in [2.24, 2.45) is 5.92 Å². The topological polar surface area (TPSA) is 81.1 Å². The van der Waals surface area contributed by atoms with Crippen LogP contribution in [0.2, 0.25) is 0 Å². The first-order valence-electron chi connectivity index (χ1n) is 7.49. The molecule has 7 heteroatoms. The van der Waals surface area contributed by atoms with Crippen LogP contribution in [0.15, 0.2) is 30.3 Å². The van der Waals surface area contributed by atoms with Gasteiger partial charge in [0, 0.05) is 11.4 Å². The molecule has 1 aliphatic heterocycles. The minimum atomic E-state index is -3.06. The molecule has 1 aliphatic rings. The predicted molar refractivity (Wildman–Crippen MR) is 88.4 cm³/mol. The molecular formula is C16H19N3O3S. The van der Waals surface area contributed by atoms with Crippen LogP contribution in [0.25, 0.3) is 5.69 Å². The molecule has 0 saturated carbocycles. The van der Waals surface area contributed by atoms with Gasteiger partial charge >= 0.3 is 0 Å². The second-order valence-electron chi connectivity index (χ2n) is 5.98. The number of anilines is 1. The first-order valence-corrected chi connectivity index (χ1v) is 9.31. The quantitative estimate of drug-likeness (QED) is 0.929. The van der Waals surface area contributed by atoms with Gasteiger partial charge in [-0.1, -0.05) is 6.07 Å². The van der Waals surface area contributed by atoms with Crippen molar-refractivity contribution in [3.05, 3.63) is 41.7 Å². The second kappa shape index (κ2) is 5.81. The molecule has 0 radical (unpaired) electrons. The number of benzene rings is 1. The summed E-state index contributed by atoms with van der Waals surface area (Å²) in [5, 5.41) is 7.24. The van der Waals surface area contributed by atoms with E-state index in [1.807, 2.05) is 42.8 Å². The molecule has 1 fully saturated rings. The largest absolute Gasteiger partial charge is 0.326 e. The zero-order valence-corrected chi connectivity index (χ0v) is 13.9. The third kappa shape index (κ3) is 3.44. The molecule has 0 aliphatic carbocycles. The maximum atomic E-state index is 12.2. The molecule has 1 N–H and O–H groups in total. The number of aromatic nitrogens is 2. The van der Waals surface area contributed by atoms with Crippen LogP contribution in [0, 0.1) is 19.8 Å². The minimum Gasteiger partial charge on any atom is -0.326 e. The highest BCUT2D eigenvalue weighted by atomic mass is 32.2. The van der Waals surface area contributed by atoms with Crippen LogP contribution in [0.4, 0.5) is 5.69 Å². The molecule has 1 atom stereocenters. The number of amides is 1. The fourth-order valence-corrected chi connectivity index (χ4v) is 4.59. The molecule has 1 unspecified atom stereocenters. The Labute approximate surface area is 135 Å². The van der Waals surface area contributed by atoms with Gasteiger partial charge in [0.1, 0.15) is 0 Å². The summed E-state index contributed by atoms with van der Waals surface area (Å²) in [5.74, 6) is -0.665. The minimum absolute atomic E-state index is 0.0595. The normalized spacial score (nSPS) is 19.7. The molecule has 0 bridgehead atoms. The van der Waals surface area contributed by atoms with Crippen LogP contribution in [0.5, 0.6) is 0 Å². The van der Waals surface area contributed by atoms with Gasteiger partial charge in [-0.2, -0.15) is 5.10 Å². The van der Waals surface area contributed by atoms with Crippen LogP contribution in [0.3, 0.4) is 0 Å². The van der Waals surface area contributed by atoms with Crippen molar-refractivity contribution in [2.45, 2.75) is 20.3 Å². The Balaban J connectivity index is 1.78. The number of rotatable bonds is 3. The van der Waals surface area contributed by atoms with Crippen LogP contribution in [-0.4, -0.2) is 35.6 Å². The molecule has 1 saturated heterocycles. The first-order chi connectivity index (χ1) is 10.8. The maximum Gasteiger partial charge on any atom is 0.228 e. The molecule has 122 valence electrons. The van der Waals surface area contributed by atoms with Crippen molar-refractivity contribution < 1.29 is 13.2 Å². The lowest BCUT2D eigenvalue weighted by atomic mass is 10.1. The van der Waals surface area contributed by atoms with E-state index < -0.39 is 15.8 Å². The van der Waals surface area contributed by atoms with Gasteiger partial charge in [-0.3, -0.25) is 4.79 Å². The van der Waals surface area contributed by atoms with Crippen LogP contribution >= 0.6 is 0 Å². The molecule has 1 aromatic heterocycles. The van der Waals surface area contributed by atoms with Crippen LogP contribution in [0.1, 0.15) is 17.8 Å².